The molecule has 0 spiro atoms. The fourth-order valence-electron chi connectivity index (χ4n) is 1.77. The monoisotopic (exact) mass is 225 g/mol. The van der Waals surface area contributed by atoms with Crippen molar-refractivity contribution < 1.29 is 5.11 Å². The number of aliphatic hydroxyl groups is 1. The van der Waals surface area contributed by atoms with E-state index in [2.05, 4.69) is 16.8 Å². The minimum Gasteiger partial charge on any atom is -0.388 e. The molecule has 0 fully saturated rings. The van der Waals surface area contributed by atoms with Gasteiger partial charge in [0.25, 0.3) is 0 Å². The van der Waals surface area contributed by atoms with Crippen molar-refractivity contribution in [2.45, 2.75) is 25.9 Å². The first-order valence-corrected chi connectivity index (χ1v) is 5.73. The fraction of sp³-hybridized carbons (Fsp3) is 0.267. The first kappa shape index (κ1) is 11.6. The number of nitrogens with zero attached hydrogens (tertiary/aromatic N) is 1. The second kappa shape index (κ2) is 5.47. The molecule has 2 heteroatoms. The molecule has 1 atom stereocenters. The van der Waals surface area contributed by atoms with Crippen LogP contribution in [0, 0.1) is 11.8 Å². The Balaban J connectivity index is 2.19. The second-order valence-corrected chi connectivity index (χ2v) is 3.94. The van der Waals surface area contributed by atoms with E-state index in [9.17, 15) is 5.11 Å². The van der Waals surface area contributed by atoms with E-state index in [1.165, 1.54) is 0 Å². The smallest absolute Gasteiger partial charge is 0.0814 e. The third kappa shape index (κ3) is 2.83. The molecule has 1 N–H and O–H groups in total. The van der Waals surface area contributed by atoms with Crippen molar-refractivity contribution in [3.63, 3.8) is 0 Å². The zero-order chi connectivity index (χ0) is 12.1. The summed E-state index contributed by atoms with van der Waals surface area (Å²) in [5, 5.41) is 11.1. The standard InChI is InChI=1S/C15H15NO/c1-2-3-4-9-15(17)13-10-12-7-5-6-8-14(12)16-11-13/h5-8,10-11,15,17H,4,9H2,1H3. The highest BCUT2D eigenvalue weighted by Crippen LogP contribution is 2.21. The third-order valence-electron chi connectivity index (χ3n) is 2.72. The molecule has 1 unspecified atom stereocenters. The Bertz CT molecular complexity index is 566. The van der Waals surface area contributed by atoms with Crippen LogP contribution in [0.15, 0.2) is 36.5 Å². The first-order valence-electron chi connectivity index (χ1n) is 5.73. The zero-order valence-corrected chi connectivity index (χ0v) is 9.85. The average molecular weight is 225 g/mol. The normalized spacial score (nSPS) is 11.9. The largest absolute Gasteiger partial charge is 0.388 e. The molecule has 0 radical (unpaired) electrons. The van der Waals surface area contributed by atoms with Crippen molar-refractivity contribution in [1.82, 2.24) is 4.98 Å². The maximum absolute atomic E-state index is 10.00. The Morgan fingerprint density at radius 3 is 3.00 bits per heavy atom. The molecular formula is C15H15NO. The van der Waals surface area contributed by atoms with E-state index in [-0.39, 0.29) is 0 Å². The lowest BCUT2D eigenvalue weighted by Crippen LogP contribution is -1.97. The van der Waals surface area contributed by atoms with E-state index < -0.39 is 6.10 Å². The van der Waals surface area contributed by atoms with Gasteiger partial charge in [-0.05, 0) is 31.0 Å². The summed E-state index contributed by atoms with van der Waals surface area (Å²) < 4.78 is 0. The summed E-state index contributed by atoms with van der Waals surface area (Å²) in [5.41, 5.74) is 1.82. The van der Waals surface area contributed by atoms with Crippen LogP contribution >= 0.6 is 0 Å². The number of benzene rings is 1. The highest BCUT2D eigenvalue weighted by molar-refractivity contribution is 5.78. The number of hydrogen-bond acceptors (Lipinski definition) is 2. The number of pyridine rings is 1. The molecule has 1 aromatic carbocycles. The van der Waals surface area contributed by atoms with Crippen LogP contribution in [0.4, 0.5) is 0 Å². The molecule has 86 valence electrons. The molecule has 0 aliphatic rings. The van der Waals surface area contributed by atoms with Gasteiger partial charge >= 0.3 is 0 Å². The number of para-hydroxylation sites is 1. The van der Waals surface area contributed by atoms with Gasteiger partial charge in [-0.3, -0.25) is 4.98 Å². The molecule has 2 nitrogen and oxygen atoms in total. The van der Waals surface area contributed by atoms with Crippen molar-refractivity contribution in [1.29, 1.82) is 0 Å². The summed E-state index contributed by atoms with van der Waals surface area (Å²) in [7, 11) is 0. The predicted octanol–water partition coefficient (Wildman–Crippen LogP) is 3.07. The third-order valence-corrected chi connectivity index (χ3v) is 2.72. The maximum Gasteiger partial charge on any atom is 0.0814 e. The van der Waals surface area contributed by atoms with Gasteiger partial charge in [-0.2, -0.15) is 0 Å². The molecular weight excluding hydrogens is 210 g/mol. The van der Waals surface area contributed by atoms with E-state index in [0.717, 1.165) is 16.5 Å². The maximum atomic E-state index is 10.00. The number of aromatic nitrogens is 1. The quantitative estimate of drug-likeness (QED) is 0.814. The van der Waals surface area contributed by atoms with E-state index >= 15 is 0 Å². The molecule has 1 aromatic heterocycles. The number of hydrogen-bond donors (Lipinski definition) is 1. The Labute approximate surface area is 101 Å². The topological polar surface area (TPSA) is 33.1 Å². The van der Waals surface area contributed by atoms with Gasteiger partial charge in [0.15, 0.2) is 0 Å². The summed E-state index contributed by atoms with van der Waals surface area (Å²) >= 11 is 0. The van der Waals surface area contributed by atoms with Crippen LogP contribution in [0.1, 0.15) is 31.4 Å². The van der Waals surface area contributed by atoms with Crippen molar-refractivity contribution in [2.75, 3.05) is 0 Å². The van der Waals surface area contributed by atoms with Gasteiger partial charge in [-0.15, -0.1) is 11.8 Å². The van der Waals surface area contributed by atoms with Gasteiger partial charge in [-0.25, -0.2) is 0 Å². The van der Waals surface area contributed by atoms with Crippen LogP contribution in [0.3, 0.4) is 0 Å². The van der Waals surface area contributed by atoms with E-state index in [0.29, 0.717) is 12.8 Å². The van der Waals surface area contributed by atoms with Gasteiger partial charge in [-0.1, -0.05) is 18.2 Å². The highest BCUT2D eigenvalue weighted by Gasteiger charge is 2.07. The molecule has 17 heavy (non-hydrogen) atoms. The van der Waals surface area contributed by atoms with Crippen molar-refractivity contribution in [3.8, 4) is 11.8 Å². The Morgan fingerprint density at radius 2 is 2.18 bits per heavy atom. The SMILES string of the molecule is CC#CCCC(O)c1cnc2ccccc2c1. The van der Waals surface area contributed by atoms with Crippen LogP contribution < -0.4 is 0 Å². The molecule has 0 bridgehead atoms. The summed E-state index contributed by atoms with van der Waals surface area (Å²) in [6.45, 7) is 1.81. The minimum atomic E-state index is -0.479. The Kier molecular flexibility index (Phi) is 3.74. The van der Waals surface area contributed by atoms with Crippen molar-refractivity contribution >= 4 is 10.9 Å². The summed E-state index contributed by atoms with van der Waals surface area (Å²) in [6, 6.07) is 9.90. The van der Waals surface area contributed by atoms with Crippen LogP contribution in [0.2, 0.25) is 0 Å². The minimum absolute atomic E-state index is 0.479. The van der Waals surface area contributed by atoms with E-state index in [1.807, 2.05) is 37.3 Å². The number of aliphatic hydroxyl groups excluding tert-OH is 1. The summed E-state index contributed by atoms with van der Waals surface area (Å²) in [5.74, 6) is 5.78. The zero-order valence-electron chi connectivity index (χ0n) is 9.85. The lowest BCUT2D eigenvalue weighted by molar-refractivity contribution is 0.169. The molecule has 0 aliphatic heterocycles. The lowest BCUT2D eigenvalue weighted by Gasteiger charge is -2.09. The Hall–Kier alpha value is -1.85. The molecule has 2 rings (SSSR count). The molecule has 0 amide bonds. The molecule has 2 aromatic rings. The van der Waals surface area contributed by atoms with Crippen LogP contribution in [0.5, 0.6) is 0 Å². The average Bonchev–Trinajstić information content (AvgIpc) is 2.38. The molecule has 0 saturated heterocycles. The fourth-order valence-corrected chi connectivity index (χ4v) is 1.77. The first-order chi connectivity index (χ1) is 8.31. The van der Waals surface area contributed by atoms with E-state index in [1.54, 1.807) is 6.20 Å². The second-order valence-electron chi connectivity index (χ2n) is 3.94. The van der Waals surface area contributed by atoms with Gasteiger partial charge in [0, 0.05) is 18.0 Å². The Morgan fingerprint density at radius 1 is 1.35 bits per heavy atom. The van der Waals surface area contributed by atoms with Crippen molar-refractivity contribution in [3.05, 3.63) is 42.1 Å². The van der Waals surface area contributed by atoms with Crippen LogP contribution in [-0.2, 0) is 0 Å². The van der Waals surface area contributed by atoms with Crippen LogP contribution in [0.25, 0.3) is 10.9 Å². The number of rotatable bonds is 3. The molecule has 1 heterocycles. The van der Waals surface area contributed by atoms with Crippen molar-refractivity contribution in [2.24, 2.45) is 0 Å². The number of fused-ring (bicyclic) bond motifs is 1. The van der Waals surface area contributed by atoms with Gasteiger partial charge in [0.2, 0.25) is 0 Å². The molecule has 0 saturated carbocycles. The van der Waals surface area contributed by atoms with E-state index in [4.69, 9.17) is 0 Å². The summed E-state index contributed by atoms with van der Waals surface area (Å²) in [4.78, 5) is 4.33. The van der Waals surface area contributed by atoms with Gasteiger partial charge < -0.3 is 5.11 Å². The van der Waals surface area contributed by atoms with Crippen LogP contribution in [-0.4, -0.2) is 10.1 Å². The van der Waals surface area contributed by atoms with Gasteiger partial charge in [0.1, 0.15) is 0 Å². The summed E-state index contributed by atoms with van der Waals surface area (Å²) in [6.07, 6.45) is 2.63. The highest BCUT2D eigenvalue weighted by atomic mass is 16.3. The predicted molar refractivity (Wildman–Crippen MR) is 69.4 cm³/mol. The molecule has 0 aliphatic carbocycles. The lowest BCUT2D eigenvalue weighted by atomic mass is 10.0. The van der Waals surface area contributed by atoms with Gasteiger partial charge in [0.05, 0.1) is 11.6 Å².